The molecule has 0 bridgehead atoms. The van der Waals surface area contributed by atoms with E-state index in [2.05, 4.69) is 0 Å². The van der Waals surface area contributed by atoms with Gasteiger partial charge in [0, 0.05) is 25.0 Å². The lowest BCUT2D eigenvalue weighted by atomic mass is 10.2. The van der Waals surface area contributed by atoms with Gasteiger partial charge in [0.15, 0.2) is 11.1 Å². The van der Waals surface area contributed by atoms with Crippen LogP contribution in [-0.2, 0) is 17.1 Å². The van der Waals surface area contributed by atoms with Crippen molar-refractivity contribution in [1.82, 2.24) is 4.31 Å². The van der Waals surface area contributed by atoms with Crippen LogP contribution in [0.1, 0.15) is 6.92 Å². The summed E-state index contributed by atoms with van der Waals surface area (Å²) in [5.41, 5.74) is 0.736. The molecule has 18 heavy (non-hydrogen) atoms. The van der Waals surface area contributed by atoms with Crippen LogP contribution in [0.15, 0.2) is 41.4 Å². The third-order valence-corrected chi connectivity index (χ3v) is 5.07. The van der Waals surface area contributed by atoms with Crippen molar-refractivity contribution in [3.8, 4) is 0 Å². The minimum atomic E-state index is -3.43. The SMILES string of the molecule is CCN(C)S(=O)(=O)c1cccc2ccc[n+](C)c12. The number of nitrogens with zero attached hydrogens (tertiary/aromatic N) is 2. The molecule has 0 aliphatic heterocycles. The van der Waals surface area contributed by atoms with Crippen molar-refractivity contribution in [1.29, 1.82) is 0 Å². The van der Waals surface area contributed by atoms with Gasteiger partial charge in [0.25, 0.3) is 0 Å². The van der Waals surface area contributed by atoms with Crippen molar-refractivity contribution in [2.45, 2.75) is 11.8 Å². The van der Waals surface area contributed by atoms with Crippen molar-refractivity contribution in [3.05, 3.63) is 36.5 Å². The van der Waals surface area contributed by atoms with Gasteiger partial charge in [-0.05, 0) is 18.2 Å². The summed E-state index contributed by atoms with van der Waals surface area (Å²) >= 11 is 0. The largest absolute Gasteiger partial charge is 0.249 e. The Morgan fingerprint density at radius 3 is 2.56 bits per heavy atom. The Kier molecular flexibility index (Phi) is 3.36. The zero-order valence-electron chi connectivity index (χ0n) is 10.8. The lowest BCUT2D eigenvalue weighted by Crippen LogP contribution is -2.33. The molecule has 5 heteroatoms. The van der Waals surface area contributed by atoms with Crippen molar-refractivity contribution in [2.75, 3.05) is 13.6 Å². The predicted molar refractivity (Wildman–Crippen MR) is 70.6 cm³/mol. The summed E-state index contributed by atoms with van der Waals surface area (Å²) in [7, 11) is 0.0232. The Balaban J connectivity index is 2.81. The molecule has 96 valence electrons. The molecule has 0 aliphatic carbocycles. The number of aromatic nitrogens is 1. The monoisotopic (exact) mass is 265 g/mol. The van der Waals surface area contributed by atoms with Crippen LogP contribution in [0.25, 0.3) is 10.9 Å². The highest BCUT2D eigenvalue weighted by molar-refractivity contribution is 7.89. The molecule has 0 saturated carbocycles. The van der Waals surface area contributed by atoms with Crippen molar-refractivity contribution in [3.63, 3.8) is 0 Å². The maximum atomic E-state index is 12.4. The highest BCUT2D eigenvalue weighted by Gasteiger charge is 2.26. The van der Waals surface area contributed by atoms with Crippen LogP contribution in [0.4, 0.5) is 0 Å². The molecule has 0 spiro atoms. The number of sulfonamides is 1. The Morgan fingerprint density at radius 1 is 1.22 bits per heavy atom. The molecule has 1 heterocycles. The second-order valence-corrected chi connectivity index (χ2v) is 6.25. The highest BCUT2D eigenvalue weighted by atomic mass is 32.2. The fourth-order valence-corrected chi connectivity index (χ4v) is 3.38. The number of hydrogen-bond donors (Lipinski definition) is 0. The van der Waals surface area contributed by atoms with Crippen LogP contribution in [0.2, 0.25) is 0 Å². The summed E-state index contributed by atoms with van der Waals surface area (Å²) < 4.78 is 28.1. The van der Waals surface area contributed by atoms with Crippen molar-refractivity contribution < 1.29 is 13.0 Å². The van der Waals surface area contributed by atoms with E-state index in [-0.39, 0.29) is 0 Å². The molecule has 0 atom stereocenters. The Morgan fingerprint density at radius 2 is 1.89 bits per heavy atom. The summed E-state index contributed by atoms with van der Waals surface area (Å²) in [6.07, 6.45) is 1.85. The van der Waals surface area contributed by atoms with Gasteiger partial charge in [-0.2, -0.15) is 4.57 Å². The molecule has 0 radical (unpaired) electrons. The van der Waals surface area contributed by atoms with Gasteiger partial charge in [-0.3, -0.25) is 0 Å². The van der Waals surface area contributed by atoms with E-state index in [1.54, 1.807) is 19.2 Å². The number of pyridine rings is 1. The van der Waals surface area contributed by atoms with Crippen molar-refractivity contribution >= 4 is 20.9 Å². The summed E-state index contributed by atoms with van der Waals surface area (Å²) in [5, 5.41) is 0.922. The molecular formula is C13H17N2O2S+. The van der Waals surface area contributed by atoms with E-state index in [1.165, 1.54) is 4.31 Å². The van der Waals surface area contributed by atoms with Crippen LogP contribution in [0.5, 0.6) is 0 Å². The van der Waals surface area contributed by atoms with Gasteiger partial charge in [0.05, 0.1) is 0 Å². The van der Waals surface area contributed by atoms with E-state index in [0.29, 0.717) is 11.4 Å². The number of aryl methyl sites for hydroxylation is 1. The first kappa shape index (κ1) is 13.0. The molecule has 0 aliphatic rings. The first-order valence-electron chi connectivity index (χ1n) is 5.82. The van der Waals surface area contributed by atoms with E-state index < -0.39 is 10.0 Å². The molecule has 1 aromatic carbocycles. The number of benzene rings is 1. The summed E-state index contributed by atoms with van der Waals surface area (Å²) in [5.74, 6) is 0. The smallest absolute Gasteiger partial charge is 0.207 e. The summed E-state index contributed by atoms with van der Waals surface area (Å²) in [4.78, 5) is 0.354. The van der Waals surface area contributed by atoms with Gasteiger partial charge in [-0.1, -0.05) is 13.0 Å². The maximum absolute atomic E-state index is 12.4. The topological polar surface area (TPSA) is 41.3 Å². The van der Waals surface area contributed by atoms with Gasteiger partial charge in [-0.15, -0.1) is 0 Å². The first-order chi connectivity index (χ1) is 8.48. The zero-order chi connectivity index (χ0) is 13.3. The lowest BCUT2D eigenvalue weighted by Gasteiger charge is -2.14. The molecule has 0 fully saturated rings. The molecular weight excluding hydrogens is 248 g/mol. The van der Waals surface area contributed by atoms with E-state index >= 15 is 0 Å². The second-order valence-electron chi connectivity index (χ2n) is 4.23. The Bertz CT molecular complexity index is 675. The first-order valence-corrected chi connectivity index (χ1v) is 7.26. The van der Waals surface area contributed by atoms with Gasteiger partial charge >= 0.3 is 0 Å². The molecule has 0 amide bonds. The zero-order valence-corrected chi connectivity index (χ0v) is 11.6. The van der Waals surface area contributed by atoms with E-state index in [0.717, 1.165) is 10.9 Å². The molecule has 2 rings (SSSR count). The minimum Gasteiger partial charge on any atom is -0.207 e. The molecule has 4 nitrogen and oxygen atoms in total. The molecule has 0 unspecified atom stereocenters. The predicted octanol–water partition coefficient (Wildman–Crippen LogP) is 1.30. The average molecular weight is 265 g/mol. The van der Waals surface area contributed by atoms with Crippen LogP contribution >= 0.6 is 0 Å². The van der Waals surface area contributed by atoms with Gasteiger partial charge in [0.1, 0.15) is 7.05 Å². The van der Waals surface area contributed by atoms with Crippen molar-refractivity contribution in [2.24, 2.45) is 7.05 Å². The van der Waals surface area contributed by atoms with E-state index in [4.69, 9.17) is 0 Å². The number of hydrogen-bond acceptors (Lipinski definition) is 2. The van der Waals surface area contributed by atoms with E-state index in [9.17, 15) is 8.42 Å². The van der Waals surface area contributed by atoms with E-state index in [1.807, 2.05) is 42.9 Å². The average Bonchev–Trinajstić information content (AvgIpc) is 2.37. The fraction of sp³-hybridized carbons (Fsp3) is 0.308. The third kappa shape index (κ3) is 2.00. The number of fused-ring (bicyclic) bond motifs is 1. The molecule has 1 aromatic heterocycles. The van der Waals surface area contributed by atoms with Crippen LogP contribution < -0.4 is 4.57 Å². The van der Waals surface area contributed by atoms with Crippen LogP contribution in [0.3, 0.4) is 0 Å². The van der Waals surface area contributed by atoms with Gasteiger partial charge < -0.3 is 0 Å². The second kappa shape index (κ2) is 4.66. The van der Waals surface area contributed by atoms with Crippen LogP contribution in [-0.4, -0.2) is 26.3 Å². The lowest BCUT2D eigenvalue weighted by molar-refractivity contribution is -0.646. The fourth-order valence-electron chi connectivity index (χ4n) is 1.95. The standard InChI is InChI=1S/C13H17N2O2S/c1-4-15(3)18(16,17)12-9-5-7-11-8-6-10-14(2)13(11)12/h5-10H,4H2,1-3H3/q+1. The molecule has 2 aromatic rings. The highest BCUT2D eigenvalue weighted by Crippen LogP contribution is 2.21. The van der Waals surface area contributed by atoms with Crippen LogP contribution in [0, 0.1) is 0 Å². The Hall–Kier alpha value is -1.46. The molecule has 0 saturated heterocycles. The number of rotatable bonds is 3. The Labute approximate surface area is 108 Å². The third-order valence-electron chi connectivity index (χ3n) is 3.10. The van der Waals surface area contributed by atoms with Gasteiger partial charge in [-0.25, -0.2) is 12.7 Å². The summed E-state index contributed by atoms with van der Waals surface area (Å²) in [6, 6.07) is 9.17. The quantitative estimate of drug-likeness (QED) is 0.785. The maximum Gasteiger partial charge on any atom is 0.249 e. The molecule has 0 N–H and O–H groups in total. The number of para-hydroxylation sites is 1. The summed E-state index contributed by atoms with van der Waals surface area (Å²) in [6.45, 7) is 2.28. The normalized spacial score (nSPS) is 12.2. The minimum absolute atomic E-state index is 0.354. The van der Waals surface area contributed by atoms with Gasteiger partial charge in [0.2, 0.25) is 15.5 Å².